The summed E-state index contributed by atoms with van der Waals surface area (Å²) in [5.74, 6) is 0.538. The highest BCUT2D eigenvalue weighted by Gasteiger charge is 2.24. The summed E-state index contributed by atoms with van der Waals surface area (Å²) in [6, 6.07) is 3.73. The van der Waals surface area contributed by atoms with Crippen molar-refractivity contribution in [1.29, 1.82) is 0 Å². The fraction of sp³-hybridized carbons (Fsp3) is 0.462. The van der Waals surface area contributed by atoms with Gasteiger partial charge in [-0.05, 0) is 24.0 Å². The molecule has 1 heterocycles. The number of rotatable bonds is 4. The summed E-state index contributed by atoms with van der Waals surface area (Å²) >= 11 is 0. The van der Waals surface area contributed by atoms with Crippen molar-refractivity contribution < 1.29 is 19.4 Å². The van der Waals surface area contributed by atoms with E-state index in [1.54, 1.807) is 14.2 Å². The molecule has 1 aliphatic heterocycles. The van der Waals surface area contributed by atoms with E-state index in [1.807, 2.05) is 12.1 Å². The monoisotopic (exact) mass is 251 g/mol. The Balaban J connectivity index is 2.40. The Bertz CT molecular complexity index is 459. The highest BCUT2D eigenvalue weighted by atomic mass is 16.5. The molecule has 1 aromatic rings. The van der Waals surface area contributed by atoms with Crippen molar-refractivity contribution in [1.82, 2.24) is 0 Å². The van der Waals surface area contributed by atoms with Crippen LogP contribution in [0.15, 0.2) is 12.1 Å². The third kappa shape index (κ3) is 2.34. The maximum Gasteiger partial charge on any atom is 0.303 e. The number of hydrogen-bond acceptors (Lipinski definition) is 4. The molecule has 2 rings (SSSR count). The van der Waals surface area contributed by atoms with E-state index in [-0.39, 0.29) is 12.3 Å². The molecule has 0 saturated heterocycles. The zero-order chi connectivity index (χ0) is 13.1. The summed E-state index contributed by atoms with van der Waals surface area (Å²) in [7, 11) is 3.16. The molecule has 0 radical (unpaired) electrons. The Hall–Kier alpha value is -1.91. The van der Waals surface area contributed by atoms with E-state index in [0.717, 1.165) is 24.2 Å². The lowest BCUT2D eigenvalue weighted by molar-refractivity contribution is -0.137. The minimum absolute atomic E-state index is 0.0264. The number of methoxy groups -OCH3 is 2. The summed E-state index contributed by atoms with van der Waals surface area (Å²) in [6.45, 7) is 0.778. The Kier molecular flexibility index (Phi) is 3.60. The normalized spacial score (nSPS) is 17.6. The molecule has 0 saturated carbocycles. The Morgan fingerprint density at radius 1 is 1.39 bits per heavy atom. The fourth-order valence-electron chi connectivity index (χ4n) is 2.34. The second-order valence-electron chi connectivity index (χ2n) is 4.30. The fourth-order valence-corrected chi connectivity index (χ4v) is 2.34. The van der Waals surface area contributed by atoms with Gasteiger partial charge >= 0.3 is 5.97 Å². The Morgan fingerprint density at radius 2 is 2.06 bits per heavy atom. The molecule has 1 unspecified atom stereocenters. The summed E-state index contributed by atoms with van der Waals surface area (Å²) in [5, 5.41) is 12.2. The molecule has 0 bridgehead atoms. The molecule has 1 aliphatic rings. The van der Waals surface area contributed by atoms with E-state index < -0.39 is 5.97 Å². The zero-order valence-electron chi connectivity index (χ0n) is 10.5. The van der Waals surface area contributed by atoms with E-state index in [2.05, 4.69) is 5.32 Å². The van der Waals surface area contributed by atoms with Crippen LogP contribution in [-0.2, 0) is 4.79 Å². The molecule has 5 nitrogen and oxygen atoms in total. The molecule has 1 aromatic carbocycles. The van der Waals surface area contributed by atoms with Crippen LogP contribution in [0.3, 0.4) is 0 Å². The van der Waals surface area contributed by atoms with Crippen LogP contribution in [0.2, 0.25) is 0 Å². The lowest BCUT2D eigenvalue weighted by Crippen LogP contribution is -2.19. The van der Waals surface area contributed by atoms with Crippen LogP contribution in [0.25, 0.3) is 0 Å². The lowest BCUT2D eigenvalue weighted by Gasteiger charge is -2.27. The molecule has 0 spiro atoms. The number of hydrogen-bond donors (Lipinski definition) is 2. The van der Waals surface area contributed by atoms with Gasteiger partial charge in [-0.15, -0.1) is 0 Å². The average molecular weight is 251 g/mol. The van der Waals surface area contributed by atoms with Gasteiger partial charge in [0, 0.05) is 18.3 Å². The largest absolute Gasteiger partial charge is 0.493 e. The topological polar surface area (TPSA) is 67.8 Å². The van der Waals surface area contributed by atoms with Crippen LogP contribution >= 0.6 is 0 Å². The van der Waals surface area contributed by atoms with Gasteiger partial charge in [-0.3, -0.25) is 4.79 Å². The number of aliphatic carboxylic acids is 1. The number of carboxylic acid groups (broad SMARTS) is 1. The first-order valence-corrected chi connectivity index (χ1v) is 5.87. The third-order valence-corrected chi connectivity index (χ3v) is 3.22. The molecule has 2 N–H and O–H groups in total. The lowest BCUT2D eigenvalue weighted by atomic mass is 9.88. The van der Waals surface area contributed by atoms with E-state index in [9.17, 15) is 4.79 Å². The summed E-state index contributed by atoms with van der Waals surface area (Å²) in [6.07, 6.45) is 0.957. The molecular formula is C13H17NO4. The van der Waals surface area contributed by atoms with Gasteiger partial charge in [-0.2, -0.15) is 0 Å². The average Bonchev–Trinajstić information content (AvgIpc) is 2.37. The van der Waals surface area contributed by atoms with Gasteiger partial charge in [0.1, 0.15) is 0 Å². The maximum atomic E-state index is 10.9. The number of anilines is 1. The minimum Gasteiger partial charge on any atom is -0.493 e. The van der Waals surface area contributed by atoms with Crippen LogP contribution in [0.4, 0.5) is 5.69 Å². The molecular weight excluding hydrogens is 234 g/mol. The molecule has 98 valence electrons. The van der Waals surface area contributed by atoms with Crippen molar-refractivity contribution in [2.45, 2.75) is 18.8 Å². The Morgan fingerprint density at radius 3 is 2.67 bits per heavy atom. The summed E-state index contributed by atoms with van der Waals surface area (Å²) in [4.78, 5) is 10.9. The van der Waals surface area contributed by atoms with Crippen LogP contribution in [-0.4, -0.2) is 31.8 Å². The van der Waals surface area contributed by atoms with E-state index in [1.165, 1.54) is 0 Å². The predicted octanol–water partition coefficient (Wildman–Crippen LogP) is 2.08. The van der Waals surface area contributed by atoms with Gasteiger partial charge in [0.2, 0.25) is 0 Å². The van der Waals surface area contributed by atoms with E-state index in [4.69, 9.17) is 14.6 Å². The van der Waals surface area contributed by atoms with Crippen molar-refractivity contribution in [2.75, 3.05) is 26.1 Å². The second kappa shape index (κ2) is 5.16. The number of carboxylic acids is 1. The number of fused-ring (bicyclic) bond motifs is 1. The number of carbonyl (C=O) groups is 1. The quantitative estimate of drug-likeness (QED) is 0.857. The molecule has 5 heteroatoms. The van der Waals surface area contributed by atoms with Crippen LogP contribution < -0.4 is 14.8 Å². The number of ether oxygens (including phenoxy) is 2. The first-order chi connectivity index (χ1) is 8.65. The Labute approximate surface area is 106 Å². The van der Waals surface area contributed by atoms with E-state index >= 15 is 0 Å². The van der Waals surface area contributed by atoms with E-state index in [0.29, 0.717) is 11.5 Å². The van der Waals surface area contributed by atoms with Crippen molar-refractivity contribution in [3.05, 3.63) is 17.7 Å². The van der Waals surface area contributed by atoms with Crippen molar-refractivity contribution in [3.8, 4) is 11.5 Å². The minimum atomic E-state index is -0.775. The van der Waals surface area contributed by atoms with Gasteiger partial charge in [-0.1, -0.05) is 0 Å². The first kappa shape index (κ1) is 12.5. The molecule has 0 amide bonds. The van der Waals surface area contributed by atoms with Gasteiger partial charge in [0.05, 0.1) is 20.6 Å². The van der Waals surface area contributed by atoms with Gasteiger partial charge in [0.15, 0.2) is 11.5 Å². The summed E-state index contributed by atoms with van der Waals surface area (Å²) < 4.78 is 10.5. The second-order valence-corrected chi connectivity index (χ2v) is 4.30. The highest BCUT2D eigenvalue weighted by Crippen LogP contribution is 2.41. The van der Waals surface area contributed by atoms with Crippen LogP contribution in [0.1, 0.15) is 24.3 Å². The van der Waals surface area contributed by atoms with Gasteiger partial charge in [0.25, 0.3) is 0 Å². The third-order valence-electron chi connectivity index (χ3n) is 3.22. The summed E-state index contributed by atoms with van der Waals surface area (Å²) in [5.41, 5.74) is 1.92. The molecule has 0 fully saturated rings. The van der Waals surface area contributed by atoms with Crippen LogP contribution in [0.5, 0.6) is 11.5 Å². The SMILES string of the molecule is COc1cc2c(cc1OC)C(CC(=O)O)CCN2. The standard InChI is InChI=1S/C13H17NO4/c1-17-11-6-9-8(5-13(15)16)3-4-14-10(9)7-12(11)18-2/h6-8,14H,3-5H2,1-2H3,(H,15,16). The predicted molar refractivity (Wildman–Crippen MR) is 67.6 cm³/mol. The van der Waals surface area contributed by atoms with Crippen LogP contribution in [0, 0.1) is 0 Å². The van der Waals surface area contributed by atoms with Crippen molar-refractivity contribution >= 4 is 11.7 Å². The zero-order valence-corrected chi connectivity index (χ0v) is 10.5. The molecule has 18 heavy (non-hydrogen) atoms. The highest BCUT2D eigenvalue weighted by molar-refractivity contribution is 5.70. The first-order valence-electron chi connectivity index (χ1n) is 5.87. The van der Waals surface area contributed by atoms with Gasteiger partial charge < -0.3 is 19.9 Å². The van der Waals surface area contributed by atoms with Gasteiger partial charge in [-0.25, -0.2) is 0 Å². The van der Waals surface area contributed by atoms with Crippen molar-refractivity contribution in [2.24, 2.45) is 0 Å². The molecule has 1 atom stereocenters. The number of benzene rings is 1. The smallest absolute Gasteiger partial charge is 0.303 e. The molecule has 0 aromatic heterocycles. The maximum absolute atomic E-state index is 10.9. The van der Waals surface area contributed by atoms with Crippen molar-refractivity contribution in [3.63, 3.8) is 0 Å². The number of nitrogens with one attached hydrogen (secondary N) is 1. The molecule has 0 aliphatic carbocycles.